The molecule has 1 aliphatic carbocycles. The molecular formula is C17H21NS. The lowest BCUT2D eigenvalue weighted by Gasteiger charge is -2.09. The number of fused-ring (bicyclic) bond motifs is 1. The highest BCUT2D eigenvalue weighted by Crippen LogP contribution is 2.30. The van der Waals surface area contributed by atoms with Crippen LogP contribution in [0.2, 0.25) is 0 Å². The Balaban J connectivity index is 1.59. The van der Waals surface area contributed by atoms with Gasteiger partial charge in [-0.1, -0.05) is 18.2 Å². The minimum Gasteiger partial charge on any atom is -0.308 e. The van der Waals surface area contributed by atoms with Crippen LogP contribution in [0, 0.1) is 13.8 Å². The zero-order chi connectivity index (χ0) is 13.2. The second-order valence-electron chi connectivity index (χ2n) is 5.48. The molecule has 1 aromatic carbocycles. The number of hydrogen-bond donors (Lipinski definition) is 1. The van der Waals surface area contributed by atoms with Crippen molar-refractivity contribution in [1.29, 1.82) is 0 Å². The zero-order valence-electron chi connectivity index (χ0n) is 11.8. The first-order valence-corrected chi connectivity index (χ1v) is 7.92. The molecule has 0 unspecified atom stereocenters. The van der Waals surface area contributed by atoms with Crippen LogP contribution in [0.25, 0.3) is 0 Å². The molecule has 1 N–H and O–H groups in total. The van der Waals surface area contributed by atoms with E-state index in [4.69, 9.17) is 0 Å². The number of benzene rings is 1. The molecule has 0 radical (unpaired) electrons. The Hall–Kier alpha value is -1.12. The molecule has 1 aliphatic rings. The molecule has 2 aromatic rings. The lowest BCUT2D eigenvalue weighted by atomic mass is 10.0. The number of thiophene rings is 1. The number of rotatable bonds is 4. The summed E-state index contributed by atoms with van der Waals surface area (Å²) < 4.78 is 0. The van der Waals surface area contributed by atoms with E-state index in [1.165, 1.54) is 40.8 Å². The summed E-state index contributed by atoms with van der Waals surface area (Å²) in [6, 6.07) is 8.97. The molecule has 0 aliphatic heterocycles. The van der Waals surface area contributed by atoms with Gasteiger partial charge in [0.15, 0.2) is 0 Å². The zero-order valence-corrected chi connectivity index (χ0v) is 12.6. The Morgan fingerprint density at radius 2 is 2.05 bits per heavy atom. The van der Waals surface area contributed by atoms with Gasteiger partial charge in [-0.3, -0.25) is 0 Å². The SMILES string of the molecule is Cc1cccc(CNCc2cc3c(s2)CCC3)c1C. The maximum atomic E-state index is 3.59. The highest BCUT2D eigenvalue weighted by Gasteiger charge is 2.14. The molecule has 100 valence electrons. The van der Waals surface area contributed by atoms with Crippen molar-refractivity contribution in [3.05, 3.63) is 56.3 Å². The van der Waals surface area contributed by atoms with Crippen LogP contribution >= 0.6 is 11.3 Å². The van der Waals surface area contributed by atoms with Crippen molar-refractivity contribution >= 4 is 11.3 Å². The first-order valence-electron chi connectivity index (χ1n) is 7.10. The first-order chi connectivity index (χ1) is 9.24. The van der Waals surface area contributed by atoms with Gasteiger partial charge in [-0.25, -0.2) is 0 Å². The van der Waals surface area contributed by atoms with Crippen LogP contribution in [0.1, 0.15) is 38.4 Å². The molecule has 1 aromatic heterocycles. The van der Waals surface area contributed by atoms with E-state index in [9.17, 15) is 0 Å². The van der Waals surface area contributed by atoms with Gasteiger partial charge >= 0.3 is 0 Å². The normalized spacial score (nSPS) is 13.8. The Labute approximate surface area is 119 Å². The van der Waals surface area contributed by atoms with Crippen molar-refractivity contribution in [2.24, 2.45) is 0 Å². The van der Waals surface area contributed by atoms with Gasteiger partial charge in [0, 0.05) is 22.8 Å². The molecule has 0 atom stereocenters. The van der Waals surface area contributed by atoms with Crippen molar-refractivity contribution in [2.45, 2.75) is 46.2 Å². The van der Waals surface area contributed by atoms with Gasteiger partial charge in [0.1, 0.15) is 0 Å². The molecule has 0 bridgehead atoms. The smallest absolute Gasteiger partial charge is 0.0303 e. The van der Waals surface area contributed by atoms with Gasteiger partial charge in [0.05, 0.1) is 0 Å². The predicted octanol–water partition coefficient (Wildman–Crippen LogP) is 4.14. The fourth-order valence-corrected chi connectivity index (χ4v) is 4.03. The van der Waals surface area contributed by atoms with E-state index in [0.717, 1.165) is 13.1 Å². The van der Waals surface area contributed by atoms with Crippen molar-refractivity contribution in [1.82, 2.24) is 5.32 Å². The van der Waals surface area contributed by atoms with Crippen LogP contribution in [0.15, 0.2) is 24.3 Å². The van der Waals surface area contributed by atoms with Gasteiger partial charge < -0.3 is 5.32 Å². The molecule has 0 spiro atoms. The third kappa shape index (κ3) is 2.75. The van der Waals surface area contributed by atoms with Crippen LogP contribution in [0.4, 0.5) is 0 Å². The molecule has 1 heterocycles. The van der Waals surface area contributed by atoms with E-state index < -0.39 is 0 Å². The standard InChI is InChI=1S/C17H21NS/c1-12-5-3-7-15(13(12)2)10-18-11-16-9-14-6-4-8-17(14)19-16/h3,5,7,9,18H,4,6,8,10-11H2,1-2H3. The summed E-state index contributed by atoms with van der Waals surface area (Å²) in [5, 5.41) is 3.59. The van der Waals surface area contributed by atoms with Crippen LogP contribution in [-0.4, -0.2) is 0 Å². The molecule has 2 heteroatoms. The second kappa shape index (κ2) is 5.48. The monoisotopic (exact) mass is 271 g/mol. The van der Waals surface area contributed by atoms with Gasteiger partial charge in [-0.05, 0) is 61.4 Å². The number of nitrogens with one attached hydrogen (secondary N) is 1. The maximum Gasteiger partial charge on any atom is 0.0303 e. The Kier molecular flexibility index (Phi) is 3.72. The largest absolute Gasteiger partial charge is 0.308 e. The minimum absolute atomic E-state index is 0.968. The lowest BCUT2D eigenvalue weighted by Crippen LogP contribution is -2.13. The van der Waals surface area contributed by atoms with Gasteiger partial charge in [0.25, 0.3) is 0 Å². The quantitative estimate of drug-likeness (QED) is 0.881. The maximum absolute atomic E-state index is 3.59. The molecule has 3 rings (SSSR count). The molecular weight excluding hydrogens is 250 g/mol. The van der Waals surface area contributed by atoms with E-state index in [-0.39, 0.29) is 0 Å². The third-order valence-electron chi connectivity index (χ3n) is 4.13. The van der Waals surface area contributed by atoms with E-state index in [1.807, 2.05) is 11.3 Å². The average Bonchev–Trinajstić information content (AvgIpc) is 2.95. The summed E-state index contributed by atoms with van der Waals surface area (Å²) in [7, 11) is 0. The molecule has 19 heavy (non-hydrogen) atoms. The van der Waals surface area contributed by atoms with Crippen LogP contribution in [0.3, 0.4) is 0 Å². The summed E-state index contributed by atoms with van der Waals surface area (Å²) in [5.74, 6) is 0. The lowest BCUT2D eigenvalue weighted by molar-refractivity contribution is 0.697. The van der Waals surface area contributed by atoms with Crippen LogP contribution in [0.5, 0.6) is 0 Å². The molecule has 0 fully saturated rings. The Bertz CT molecular complexity index is 561. The number of aryl methyl sites for hydroxylation is 3. The van der Waals surface area contributed by atoms with Crippen molar-refractivity contribution in [2.75, 3.05) is 0 Å². The summed E-state index contributed by atoms with van der Waals surface area (Å²) >= 11 is 2.00. The highest BCUT2D eigenvalue weighted by molar-refractivity contribution is 7.12. The Morgan fingerprint density at radius 1 is 1.16 bits per heavy atom. The fourth-order valence-electron chi connectivity index (χ4n) is 2.80. The van der Waals surface area contributed by atoms with Gasteiger partial charge in [-0.15, -0.1) is 11.3 Å². The summed E-state index contributed by atoms with van der Waals surface area (Å²) in [6.45, 7) is 6.37. The number of hydrogen-bond acceptors (Lipinski definition) is 2. The molecule has 1 nitrogen and oxygen atoms in total. The van der Waals surface area contributed by atoms with Gasteiger partial charge in [-0.2, -0.15) is 0 Å². The van der Waals surface area contributed by atoms with E-state index in [0.29, 0.717) is 0 Å². The van der Waals surface area contributed by atoms with Crippen molar-refractivity contribution in [3.8, 4) is 0 Å². The van der Waals surface area contributed by atoms with Crippen LogP contribution in [-0.2, 0) is 25.9 Å². The summed E-state index contributed by atoms with van der Waals surface area (Å²) in [6.07, 6.45) is 3.96. The van der Waals surface area contributed by atoms with E-state index >= 15 is 0 Å². The highest BCUT2D eigenvalue weighted by atomic mass is 32.1. The first kappa shape index (κ1) is 12.9. The topological polar surface area (TPSA) is 12.0 Å². The van der Waals surface area contributed by atoms with Gasteiger partial charge in [0.2, 0.25) is 0 Å². The molecule has 0 saturated heterocycles. The second-order valence-corrected chi connectivity index (χ2v) is 6.70. The molecule has 0 amide bonds. The fraction of sp³-hybridized carbons (Fsp3) is 0.412. The van der Waals surface area contributed by atoms with Crippen molar-refractivity contribution < 1.29 is 0 Å². The van der Waals surface area contributed by atoms with Crippen LogP contribution < -0.4 is 5.32 Å². The minimum atomic E-state index is 0.968. The Morgan fingerprint density at radius 3 is 2.89 bits per heavy atom. The molecule has 0 saturated carbocycles. The van der Waals surface area contributed by atoms with Crippen molar-refractivity contribution in [3.63, 3.8) is 0 Å². The van der Waals surface area contributed by atoms with E-state index in [1.54, 1.807) is 10.4 Å². The summed E-state index contributed by atoms with van der Waals surface area (Å²) in [4.78, 5) is 3.12. The third-order valence-corrected chi connectivity index (χ3v) is 5.37. The van der Waals surface area contributed by atoms with E-state index in [2.05, 4.69) is 43.4 Å². The predicted molar refractivity (Wildman–Crippen MR) is 82.8 cm³/mol. The average molecular weight is 271 g/mol. The summed E-state index contributed by atoms with van der Waals surface area (Å²) in [5.41, 5.74) is 5.83.